The van der Waals surface area contributed by atoms with Gasteiger partial charge in [0.25, 0.3) is 0 Å². The maximum Gasteiger partial charge on any atom is 0.410 e. The van der Waals surface area contributed by atoms with E-state index in [0.29, 0.717) is 0 Å². The largest absolute Gasteiger partial charge is 0.481 e. The number of hydrogen-bond donors (Lipinski definition) is 2. The van der Waals surface area contributed by atoms with Crippen molar-refractivity contribution in [3.8, 4) is 0 Å². The lowest BCUT2D eigenvalue weighted by Gasteiger charge is -2.55. The Morgan fingerprint density at radius 2 is 1.78 bits per heavy atom. The number of likely N-dealkylation sites (tertiary alicyclic amines) is 1. The van der Waals surface area contributed by atoms with Crippen LogP contribution in [0.4, 0.5) is 4.79 Å². The van der Waals surface area contributed by atoms with Gasteiger partial charge in [0.1, 0.15) is 16.6 Å². The fraction of sp³-hybridized carbons (Fsp3) is 0.857. The highest BCUT2D eigenvalue weighted by atomic mass is 32.2. The van der Waals surface area contributed by atoms with Crippen molar-refractivity contribution in [1.29, 1.82) is 0 Å². The second kappa shape index (κ2) is 5.34. The zero-order valence-corrected chi connectivity index (χ0v) is 14.4. The van der Waals surface area contributed by atoms with Crippen LogP contribution in [0.5, 0.6) is 0 Å². The van der Waals surface area contributed by atoms with Gasteiger partial charge in [-0.15, -0.1) is 0 Å². The van der Waals surface area contributed by atoms with Crippen LogP contribution in [0.2, 0.25) is 0 Å². The number of ether oxygens (including phenoxy) is 1. The summed E-state index contributed by atoms with van der Waals surface area (Å²) in [5.41, 5.74) is -4.24. The molecule has 8 nitrogen and oxygen atoms in total. The summed E-state index contributed by atoms with van der Waals surface area (Å²) in [6.45, 7) is 4.60. The van der Waals surface area contributed by atoms with Gasteiger partial charge in [0.05, 0.1) is 24.6 Å². The number of nitrogens with zero attached hydrogens (tertiary/aromatic N) is 1. The van der Waals surface area contributed by atoms with Gasteiger partial charge in [0.2, 0.25) is 0 Å². The Kier molecular flexibility index (Phi) is 4.18. The predicted molar refractivity (Wildman–Crippen MR) is 80.7 cm³/mol. The molecule has 0 aromatic rings. The summed E-state index contributed by atoms with van der Waals surface area (Å²) in [5, 5.41) is 20.3. The van der Waals surface area contributed by atoms with E-state index in [4.69, 9.17) is 4.74 Å². The summed E-state index contributed by atoms with van der Waals surface area (Å²) in [7, 11) is -3.54. The molecular formula is C14H23NO7S. The molecule has 0 bridgehead atoms. The maximum absolute atomic E-state index is 11.9. The molecule has 1 amide bonds. The van der Waals surface area contributed by atoms with E-state index in [1.807, 2.05) is 0 Å². The fourth-order valence-corrected chi connectivity index (χ4v) is 5.21. The van der Waals surface area contributed by atoms with Gasteiger partial charge >= 0.3 is 12.1 Å². The first-order chi connectivity index (χ1) is 10.3. The average molecular weight is 349 g/mol. The van der Waals surface area contributed by atoms with E-state index in [1.54, 1.807) is 20.8 Å². The number of carboxylic acids is 1. The van der Waals surface area contributed by atoms with Crippen LogP contribution in [0.15, 0.2) is 0 Å². The Labute approximate surface area is 135 Å². The van der Waals surface area contributed by atoms with Crippen LogP contribution < -0.4 is 0 Å². The number of amides is 1. The summed E-state index contributed by atoms with van der Waals surface area (Å²) in [6.07, 6.45) is -0.398. The average Bonchev–Trinajstić information content (AvgIpc) is 2.30. The van der Waals surface area contributed by atoms with Gasteiger partial charge < -0.3 is 19.8 Å². The zero-order chi connectivity index (χ0) is 17.7. The van der Waals surface area contributed by atoms with E-state index < -0.39 is 44.3 Å². The number of β-amino-alcohol motifs (C(OH)–C–C–N with tert-alkyl or cyclic N) is 1. The SMILES string of the molecule is CC(C)(C)OC(=O)N1CC(O)(C2(C(=O)O)CCCS(=O)(=O)C2)C1. The highest BCUT2D eigenvalue weighted by molar-refractivity contribution is 7.91. The third kappa shape index (κ3) is 3.30. The molecule has 9 heteroatoms. The van der Waals surface area contributed by atoms with E-state index in [1.165, 1.54) is 4.90 Å². The van der Waals surface area contributed by atoms with Gasteiger partial charge in [0, 0.05) is 0 Å². The standard InChI is InChI=1S/C14H23NO7S/c1-12(2,3)22-11(18)15-7-14(19,8-15)13(10(16)17)5-4-6-23(20,21)9-13/h19H,4-9H2,1-3H3,(H,16,17). The van der Waals surface area contributed by atoms with E-state index in [0.717, 1.165) is 0 Å². The summed E-state index contributed by atoms with van der Waals surface area (Å²) >= 11 is 0. The Morgan fingerprint density at radius 1 is 1.22 bits per heavy atom. The Hall–Kier alpha value is -1.35. The third-order valence-corrected chi connectivity index (χ3v) is 6.23. The minimum Gasteiger partial charge on any atom is -0.481 e. The second-order valence-electron chi connectivity index (χ2n) is 7.45. The summed E-state index contributed by atoms with van der Waals surface area (Å²) in [6, 6.07) is 0. The minimum absolute atomic E-state index is 0.0697. The molecule has 0 spiro atoms. The lowest BCUT2D eigenvalue weighted by Crippen LogP contribution is -2.75. The maximum atomic E-state index is 11.9. The number of carboxylic acid groups (broad SMARTS) is 1. The summed E-state index contributed by atoms with van der Waals surface area (Å²) in [5.74, 6) is -2.02. The molecule has 1 unspecified atom stereocenters. The van der Waals surface area contributed by atoms with Crippen molar-refractivity contribution < 1.29 is 33.0 Å². The van der Waals surface area contributed by atoms with Gasteiger partial charge in [-0.1, -0.05) is 0 Å². The lowest BCUT2D eigenvalue weighted by molar-refractivity contribution is -0.195. The van der Waals surface area contributed by atoms with Crippen molar-refractivity contribution in [2.24, 2.45) is 5.41 Å². The molecule has 0 saturated carbocycles. The number of aliphatic carboxylic acids is 1. The molecule has 2 saturated heterocycles. The van der Waals surface area contributed by atoms with Crippen LogP contribution in [-0.2, 0) is 19.4 Å². The molecule has 2 heterocycles. The van der Waals surface area contributed by atoms with Gasteiger partial charge in [-0.3, -0.25) is 4.79 Å². The second-order valence-corrected chi connectivity index (χ2v) is 9.63. The minimum atomic E-state index is -3.54. The van der Waals surface area contributed by atoms with Crippen LogP contribution in [0.1, 0.15) is 33.6 Å². The van der Waals surface area contributed by atoms with Crippen molar-refractivity contribution in [2.45, 2.75) is 44.8 Å². The number of carbonyl (C=O) groups is 2. The Bertz CT molecular complexity index is 616. The van der Waals surface area contributed by atoms with E-state index >= 15 is 0 Å². The van der Waals surface area contributed by atoms with E-state index in [9.17, 15) is 28.2 Å². The molecule has 23 heavy (non-hydrogen) atoms. The molecular weight excluding hydrogens is 326 g/mol. The van der Waals surface area contributed by atoms with Crippen molar-refractivity contribution in [1.82, 2.24) is 4.90 Å². The van der Waals surface area contributed by atoms with Crippen LogP contribution >= 0.6 is 0 Å². The van der Waals surface area contributed by atoms with Crippen molar-refractivity contribution in [2.75, 3.05) is 24.6 Å². The molecule has 2 fully saturated rings. The normalized spacial score (nSPS) is 29.5. The molecule has 0 aliphatic carbocycles. The molecule has 2 rings (SSSR count). The van der Waals surface area contributed by atoms with Crippen LogP contribution in [0.25, 0.3) is 0 Å². The monoisotopic (exact) mass is 349 g/mol. The van der Waals surface area contributed by atoms with Crippen molar-refractivity contribution >= 4 is 21.9 Å². The number of sulfone groups is 1. The number of rotatable bonds is 2. The highest BCUT2D eigenvalue weighted by Gasteiger charge is 2.65. The lowest BCUT2D eigenvalue weighted by atomic mass is 9.66. The first-order valence-corrected chi connectivity index (χ1v) is 9.27. The Morgan fingerprint density at radius 3 is 2.22 bits per heavy atom. The van der Waals surface area contributed by atoms with E-state index in [-0.39, 0.29) is 31.7 Å². The first-order valence-electron chi connectivity index (χ1n) is 7.44. The van der Waals surface area contributed by atoms with Crippen LogP contribution in [0.3, 0.4) is 0 Å². The summed E-state index contributed by atoms with van der Waals surface area (Å²) < 4.78 is 28.9. The topological polar surface area (TPSA) is 121 Å². The van der Waals surface area contributed by atoms with Gasteiger partial charge in [-0.25, -0.2) is 13.2 Å². The van der Waals surface area contributed by atoms with Gasteiger partial charge in [-0.05, 0) is 33.6 Å². The van der Waals surface area contributed by atoms with Gasteiger partial charge in [-0.2, -0.15) is 0 Å². The molecule has 2 N–H and O–H groups in total. The fourth-order valence-electron chi connectivity index (χ4n) is 3.19. The Balaban J connectivity index is 2.17. The van der Waals surface area contributed by atoms with Crippen LogP contribution in [-0.4, -0.2) is 71.4 Å². The molecule has 132 valence electrons. The molecule has 0 radical (unpaired) electrons. The summed E-state index contributed by atoms with van der Waals surface area (Å²) in [4.78, 5) is 24.9. The van der Waals surface area contributed by atoms with Crippen LogP contribution in [0, 0.1) is 5.41 Å². The van der Waals surface area contributed by atoms with Crippen molar-refractivity contribution in [3.63, 3.8) is 0 Å². The quantitative estimate of drug-likeness (QED) is 0.733. The third-order valence-electron chi connectivity index (χ3n) is 4.38. The number of carbonyl (C=O) groups excluding carboxylic acids is 1. The zero-order valence-electron chi connectivity index (χ0n) is 13.5. The smallest absolute Gasteiger partial charge is 0.410 e. The van der Waals surface area contributed by atoms with Gasteiger partial charge in [0.15, 0.2) is 9.84 Å². The molecule has 0 aromatic heterocycles. The molecule has 2 aliphatic heterocycles. The number of hydrogen-bond acceptors (Lipinski definition) is 6. The van der Waals surface area contributed by atoms with Crippen molar-refractivity contribution in [3.05, 3.63) is 0 Å². The highest BCUT2D eigenvalue weighted by Crippen LogP contribution is 2.46. The first kappa shape index (κ1) is 18.0. The molecule has 2 aliphatic rings. The molecule has 0 aromatic carbocycles. The number of aliphatic hydroxyl groups is 1. The predicted octanol–water partition coefficient (Wildman–Crippen LogP) is 0.248. The van der Waals surface area contributed by atoms with E-state index in [2.05, 4.69) is 0 Å². The molecule has 1 atom stereocenters.